The molecular weight excluding hydrogens is 326 g/mol. The van der Waals surface area contributed by atoms with E-state index in [4.69, 9.17) is 5.26 Å². The monoisotopic (exact) mass is 343 g/mol. The van der Waals surface area contributed by atoms with Crippen LogP contribution in [0.4, 0.5) is 11.5 Å². The van der Waals surface area contributed by atoms with Crippen molar-refractivity contribution < 1.29 is 4.79 Å². The van der Waals surface area contributed by atoms with Gasteiger partial charge >= 0.3 is 0 Å². The lowest BCUT2D eigenvalue weighted by Crippen LogP contribution is -2.14. The maximum atomic E-state index is 12.2. The van der Waals surface area contributed by atoms with Crippen molar-refractivity contribution in [2.45, 2.75) is 13.5 Å². The lowest BCUT2D eigenvalue weighted by atomic mass is 10.1. The van der Waals surface area contributed by atoms with E-state index in [1.807, 2.05) is 31.2 Å². The number of carbonyl (C=O) groups excluding carboxylic acids is 1. The number of rotatable bonds is 5. The number of aryl methyl sites for hydroxylation is 1. The quantitative estimate of drug-likeness (QED) is 0.739. The molecule has 0 aliphatic heterocycles. The largest absolute Gasteiger partial charge is 0.365 e. The van der Waals surface area contributed by atoms with Crippen molar-refractivity contribution in [2.24, 2.45) is 0 Å². The van der Waals surface area contributed by atoms with E-state index in [1.165, 1.54) is 18.0 Å². The van der Waals surface area contributed by atoms with Crippen LogP contribution >= 0.6 is 0 Å². The van der Waals surface area contributed by atoms with Crippen molar-refractivity contribution in [2.75, 3.05) is 10.6 Å². The predicted molar refractivity (Wildman–Crippen MR) is 99.6 cm³/mol. The van der Waals surface area contributed by atoms with Gasteiger partial charge in [-0.25, -0.2) is 9.97 Å². The topological polar surface area (TPSA) is 90.7 Å². The average Bonchev–Trinajstić information content (AvgIpc) is 2.67. The highest BCUT2D eigenvalue weighted by molar-refractivity contribution is 6.02. The first kappa shape index (κ1) is 17.1. The summed E-state index contributed by atoms with van der Waals surface area (Å²) >= 11 is 0. The molecule has 26 heavy (non-hydrogen) atoms. The number of hydrogen-bond acceptors (Lipinski definition) is 5. The van der Waals surface area contributed by atoms with Crippen LogP contribution in [0.1, 0.15) is 27.2 Å². The Kier molecular flexibility index (Phi) is 5.20. The zero-order valence-corrected chi connectivity index (χ0v) is 14.2. The fourth-order valence-electron chi connectivity index (χ4n) is 2.37. The summed E-state index contributed by atoms with van der Waals surface area (Å²) in [7, 11) is 0. The van der Waals surface area contributed by atoms with Crippen LogP contribution in [-0.2, 0) is 6.54 Å². The third kappa shape index (κ3) is 4.42. The second-order valence-electron chi connectivity index (χ2n) is 5.77. The van der Waals surface area contributed by atoms with E-state index in [0.717, 1.165) is 5.56 Å². The van der Waals surface area contributed by atoms with Crippen LogP contribution in [0.3, 0.4) is 0 Å². The summed E-state index contributed by atoms with van der Waals surface area (Å²) in [4.78, 5) is 20.6. The van der Waals surface area contributed by atoms with E-state index in [2.05, 4.69) is 26.7 Å². The Hall–Kier alpha value is -3.72. The molecule has 0 bridgehead atoms. The maximum Gasteiger partial charge on any atom is 0.275 e. The second-order valence-corrected chi connectivity index (χ2v) is 5.77. The maximum absolute atomic E-state index is 12.2. The summed E-state index contributed by atoms with van der Waals surface area (Å²) in [6, 6.07) is 16.8. The van der Waals surface area contributed by atoms with E-state index >= 15 is 0 Å². The Morgan fingerprint density at radius 3 is 2.58 bits per heavy atom. The molecule has 3 rings (SSSR count). The third-order valence-electron chi connectivity index (χ3n) is 3.71. The summed E-state index contributed by atoms with van der Waals surface area (Å²) < 4.78 is 0. The molecule has 3 aromatic rings. The molecule has 2 aromatic carbocycles. The van der Waals surface area contributed by atoms with Gasteiger partial charge in [0.1, 0.15) is 11.5 Å². The molecule has 1 amide bonds. The van der Waals surface area contributed by atoms with Crippen LogP contribution in [0.5, 0.6) is 0 Å². The van der Waals surface area contributed by atoms with Gasteiger partial charge in [0.15, 0.2) is 0 Å². The molecule has 0 fully saturated rings. The average molecular weight is 343 g/mol. The molecule has 6 heteroatoms. The van der Waals surface area contributed by atoms with Crippen molar-refractivity contribution in [3.8, 4) is 6.07 Å². The molecule has 6 nitrogen and oxygen atoms in total. The molecule has 1 heterocycles. The van der Waals surface area contributed by atoms with E-state index in [0.29, 0.717) is 23.6 Å². The lowest BCUT2D eigenvalue weighted by Gasteiger charge is -2.07. The molecule has 128 valence electrons. The van der Waals surface area contributed by atoms with Gasteiger partial charge in [-0.2, -0.15) is 5.26 Å². The highest BCUT2D eigenvalue weighted by Gasteiger charge is 2.08. The summed E-state index contributed by atoms with van der Waals surface area (Å²) in [5, 5.41) is 14.7. The standard InChI is InChI=1S/C20H17N5O/c1-14-3-2-4-16(9-14)11-23-19-13-22-18(12-24-19)20(26)25-17-7-5-15(10-21)6-8-17/h2-9,12-13H,11H2,1H3,(H,23,24)(H,25,26). The Balaban J connectivity index is 1.59. The minimum Gasteiger partial charge on any atom is -0.365 e. The van der Waals surface area contributed by atoms with Gasteiger partial charge in [-0.1, -0.05) is 29.8 Å². The molecule has 2 N–H and O–H groups in total. The Morgan fingerprint density at radius 2 is 1.92 bits per heavy atom. The van der Waals surface area contributed by atoms with Crippen molar-refractivity contribution in [3.05, 3.63) is 83.3 Å². The molecule has 0 aliphatic carbocycles. The first-order valence-electron chi connectivity index (χ1n) is 8.07. The molecule has 0 saturated heterocycles. The van der Waals surface area contributed by atoms with Gasteiger partial charge in [0.25, 0.3) is 5.91 Å². The van der Waals surface area contributed by atoms with Gasteiger partial charge in [-0.15, -0.1) is 0 Å². The lowest BCUT2D eigenvalue weighted by molar-refractivity contribution is 0.102. The van der Waals surface area contributed by atoms with Crippen LogP contribution in [-0.4, -0.2) is 15.9 Å². The number of amides is 1. The van der Waals surface area contributed by atoms with Crippen molar-refractivity contribution >= 4 is 17.4 Å². The molecule has 0 unspecified atom stereocenters. The highest BCUT2D eigenvalue weighted by atomic mass is 16.1. The molecule has 0 radical (unpaired) electrons. The fourth-order valence-corrected chi connectivity index (χ4v) is 2.37. The zero-order chi connectivity index (χ0) is 18.4. The van der Waals surface area contributed by atoms with E-state index < -0.39 is 0 Å². The zero-order valence-electron chi connectivity index (χ0n) is 14.2. The number of nitriles is 1. The minimum absolute atomic E-state index is 0.218. The Bertz CT molecular complexity index is 943. The van der Waals surface area contributed by atoms with Crippen LogP contribution in [0.15, 0.2) is 60.9 Å². The van der Waals surface area contributed by atoms with Gasteiger partial charge in [0, 0.05) is 12.2 Å². The van der Waals surface area contributed by atoms with E-state index in [1.54, 1.807) is 24.3 Å². The summed E-state index contributed by atoms with van der Waals surface area (Å²) in [6.07, 6.45) is 2.96. The first-order valence-corrected chi connectivity index (χ1v) is 8.07. The number of benzene rings is 2. The van der Waals surface area contributed by atoms with E-state index in [-0.39, 0.29) is 11.6 Å². The fraction of sp³-hybridized carbons (Fsp3) is 0.100. The number of nitrogens with zero attached hydrogens (tertiary/aromatic N) is 3. The van der Waals surface area contributed by atoms with Crippen LogP contribution < -0.4 is 10.6 Å². The SMILES string of the molecule is Cc1cccc(CNc2cnc(C(=O)Nc3ccc(C#N)cc3)cn2)c1. The van der Waals surface area contributed by atoms with Crippen molar-refractivity contribution in [1.82, 2.24) is 9.97 Å². The Morgan fingerprint density at radius 1 is 1.12 bits per heavy atom. The second kappa shape index (κ2) is 7.90. The third-order valence-corrected chi connectivity index (χ3v) is 3.71. The minimum atomic E-state index is -0.354. The number of carbonyl (C=O) groups is 1. The number of hydrogen-bond donors (Lipinski definition) is 2. The van der Waals surface area contributed by atoms with Crippen LogP contribution in [0.2, 0.25) is 0 Å². The summed E-state index contributed by atoms with van der Waals surface area (Å²) in [5.74, 6) is 0.244. The smallest absolute Gasteiger partial charge is 0.275 e. The van der Waals surface area contributed by atoms with E-state index in [9.17, 15) is 4.79 Å². The number of nitrogens with one attached hydrogen (secondary N) is 2. The normalized spacial score (nSPS) is 10.0. The molecular formula is C20H17N5O. The number of anilines is 2. The van der Waals surface area contributed by atoms with Crippen molar-refractivity contribution in [3.63, 3.8) is 0 Å². The first-order chi connectivity index (χ1) is 12.6. The molecule has 0 saturated carbocycles. The molecule has 0 atom stereocenters. The van der Waals surface area contributed by atoms with Crippen LogP contribution in [0, 0.1) is 18.3 Å². The van der Waals surface area contributed by atoms with Gasteiger partial charge in [-0.3, -0.25) is 4.79 Å². The van der Waals surface area contributed by atoms with Crippen molar-refractivity contribution in [1.29, 1.82) is 5.26 Å². The summed E-state index contributed by atoms with van der Waals surface area (Å²) in [6.45, 7) is 2.68. The van der Waals surface area contributed by atoms with Gasteiger partial charge in [-0.05, 0) is 36.8 Å². The summed E-state index contributed by atoms with van der Waals surface area (Å²) in [5.41, 5.74) is 3.69. The Labute approximate surface area is 151 Å². The molecule has 0 spiro atoms. The predicted octanol–water partition coefficient (Wildman–Crippen LogP) is 3.52. The van der Waals surface area contributed by atoms with Gasteiger partial charge in [0.2, 0.25) is 0 Å². The number of aromatic nitrogens is 2. The molecule has 0 aliphatic rings. The van der Waals surface area contributed by atoms with Gasteiger partial charge in [0.05, 0.1) is 24.0 Å². The molecule has 1 aromatic heterocycles. The van der Waals surface area contributed by atoms with Gasteiger partial charge < -0.3 is 10.6 Å². The highest BCUT2D eigenvalue weighted by Crippen LogP contribution is 2.11. The van der Waals surface area contributed by atoms with Crippen LogP contribution in [0.25, 0.3) is 0 Å².